The number of hydrogen-bond acceptors (Lipinski definition) is 2. The lowest BCUT2D eigenvalue weighted by molar-refractivity contribution is -0.137. The number of hydrogen-bond donors (Lipinski definition) is 0. The van der Waals surface area contributed by atoms with E-state index in [1.807, 2.05) is 65.7 Å². The molecule has 2 aromatic carbocycles. The summed E-state index contributed by atoms with van der Waals surface area (Å²) in [5, 5.41) is 0.731. The molecule has 0 aliphatic rings. The molecule has 0 bridgehead atoms. The van der Waals surface area contributed by atoms with Gasteiger partial charge in [0.2, 0.25) is 5.91 Å². The van der Waals surface area contributed by atoms with E-state index in [1.54, 1.807) is 0 Å². The molecule has 1 aromatic heterocycles. The Bertz CT molecular complexity index is 908. The number of rotatable bonds is 10. The average molecular weight is 411 g/mol. The molecule has 0 atom stereocenters. The average Bonchev–Trinajstić information content (AvgIpc) is 3.15. The standard InChI is InChI=1S/C24H27ClN2O2/c1-2-13-27(24(28)19-29-18-20-8-4-3-5-9-20)17-23-12-7-14-26(23)16-21-10-6-11-22(25)15-21/h3-12,14-15H,2,13,16-19H2,1H3. The Morgan fingerprint density at radius 3 is 2.59 bits per heavy atom. The molecule has 3 aromatic rings. The molecule has 1 amide bonds. The van der Waals surface area contributed by atoms with Crippen LogP contribution in [-0.2, 0) is 29.2 Å². The van der Waals surface area contributed by atoms with Gasteiger partial charge in [0, 0.05) is 30.0 Å². The molecular weight excluding hydrogens is 384 g/mol. The minimum atomic E-state index is 0.0123. The number of benzene rings is 2. The Morgan fingerprint density at radius 2 is 1.83 bits per heavy atom. The molecule has 0 spiro atoms. The van der Waals surface area contributed by atoms with E-state index >= 15 is 0 Å². The van der Waals surface area contributed by atoms with Crippen molar-refractivity contribution in [1.29, 1.82) is 0 Å². The molecule has 1 heterocycles. The maximum absolute atomic E-state index is 12.7. The van der Waals surface area contributed by atoms with Gasteiger partial charge in [0.05, 0.1) is 13.2 Å². The molecule has 4 nitrogen and oxygen atoms in total. The normalized spacial score (nSPS) is 10.8. The third kappa shape index (κ3) is 6.48. The summed E-state index contributed by atoms with van der Waals surface area (Å²) in [7, 11) is 0. The van der Waals surface area contributed by atoms with Crippen LogP contribution in [0, 0.1) is 0 Å². The van der Waals surface area contributed by atoms with Gasteiger partial charge in [-0.2, -0.15) is 0 Å². The minimum Gasteiger partial charge on any atom is -0.367 e. The van der Waals surface area contributed by atoms with Crippen molar-refractivity contribution in [2.45, 2.75) is 33.0 Å². The molecule has 29 heavy (non-hydrogen) atoms. The van der Waals surface area contributed by atoms with Gasteiger partial charge >= 0.3 is 0 Å². The van der Waals surface area contributed by atoms with Crippen LogP contribution in [0.4, 0.5) is 0 Å². The van der Waals surface area contributed by atoms with Crippen LogP contribution in [0.2, 0.25) is 5.02 Å². The van der Waals surface area contributed by atoms with Gasteiger partial charge in [-0.15, -0.1) is 0 Å². The molecule has 0 saturated carbocycles. The summed E-state index contributed by atoms with van der Waals surface area (Å²) in [6, 6.07) is 21.8. The van der Waals surface area contributed by atoms with Crippen molar-refractivity contribution in [3.8, 4) is 0 Å². The highest BCUT2D eigenvalue weighted by Crippen LogP contribution is 2.15. The van der Waals surface area contributed by atoms with E-state index in [4.69, 9.17) is 16.3 Å². The van der Waals surface area contributed by atoms with Crippen LogP contribution in [0.25, 0.3) is 0 Å². The first kappa shape index (κ1) is 21.2. The minimum absolute atomic E-state index is 0.0123. The van der Waals surface area contributed by atoms with E-state index in [0.717, 1.165) is 34.8 Å². The molecule has 3 rings (SSSR count). The van der Waals surface area contributed by atoms with Crippen LogP contribution in [-0.4, -0.2) is 28.5 Å². The first-order valence-corrected chi connectivity index (χ1v) is 10.3. The third-order valence-corrected chi connectivity index (χ3v) is 4.94. The molecule has 0 aliphatic heterocycles. The lowest BCUT2D eigenvalue weighted by Gasteiger charge is -2.23. The highest BCUT2D eigenvalue weighted by atomic mass is 35.5. The molecule has 0 unspecified atom stereocenters. The van der Waals surface area contributed by atoms with Crippen molar-refractivity contribution in [3.63, 3.8) is 0 Å². The molecule has 0 saturated heterocycles. The van der Waals surface area contributed by atoms with Gasteiger partial charge in [-0.3, -0.25) is 4.79 Å². The predicted molar refractivity (Wildman–Crippen MR) is 117 cm³/mol. The Labute approximate surface area is 177 Å². The van der Waals surface area contributed by atoms with Crippen LogP contribution in [0.15, 0.2) is 72.9 Å². The van der Waals surface area contributed by atoms with Crippen molar-refractivity contribution < 1.29 is 9.53 Å². The predicted octanol–water partition coefficient (Wildman–Crippen LogP) is 5.15. The highest BCUT2D eigenvalue weighted by Gasteiger charge is 2.15. The maximum atomic E-state index is 12.7. The molecule has 0 fully saturated rings. The zero-order valence-electron chi connectivity index (χ0n) is 16.8. The van der Waals surface area contributed by atoms with E-state index in [9.17, 15) is 4.79 Å². The summed E-state index contributed by atoms with van der Waals surface area (Å²) in [6.07, 6.45) is 2.94. The molecule has 0 aliphatic carbocycles. The summed E-state index contributed by atoms with van der Waals surface area (Å²) in [4.78, 5) is 14.6. The maximum Gasteiger partial charge on any atom is 0.248 e. The summed E-state index contributed by atoms with van der Waals surface area (Å²) in [5.41, 5.74) is 3.29. The largest absolute Gasteiger partial charge is 0.367 e. The van der Waals surface area contributed by atoms with E-state index in [0.29, 0.717) is 19.7 Å². The summed E-state index contributed by atoms with van der Waals surface area (Å²) < 4.78 is 7.81. The van der Waals surface area contributed by atoms with Crippen LogP contribution < -0.4 is 0 Å². The first-order chi connectivity index (χ1) is 14.2. The van der Waals surface area contributed by atoms with Crippen molar-refractivity contribution in [3.05, 3.63) is 94.8 Å². The topological polar surface area (TPSA) is 34.5 Å². The Hall–Kier alpha value is -2.56. The number of aromatic nitrogens is 1. The van der Waals surface area contributed by atoms with Gasteiger partial charge < -0.3 is 14.2 Å². The number of carbonyl (C=O) groups is 1. The zero-order valence-corrected chi connectivity index (χ0v) is 17.5. The number of halogens is 1. The molecule has 0 radical (unpaired) electrons. The van der Waals surface area contributed by atoms with Crippen LogP contribution >= 0.6 is 11.6 Å². The highest BCUT2D eigenvalue weighted by molar-refractivity contribution is 6.30. The second-order valence-electron chi connectivity index (χ2n) is 7.05. The molecule has 152 valence electrons. The lowest BCUT2D eigenvalue weighted by Crippen LogP contribution is -2.35. The quantitative estimate of drug-likeness (QED) is 0.463. The fourth-order valence-corrected chi connectivity index (χ4v) is 3.47. The number of carbonyl (C=O) groups excluding carboxylic acids is 1. The van der Waals surface area contributed by atoms with Crippen molar-refractivity contribution >= 4 is 17.5 Å². The zero-order chi connectivity index (χ0) is 20.5. The van der Waals surface area contributed by atoms with E-state index < -0.39 is 0 Å². The number of amides is 1. The fourth-order valence-electron chi connectivity index (χ4n) is 3.26. The van der Waals surface area contributed by atoms with Crippen LogP contribution in [0.3, 0.4) is 0 Å². The fraction of sp³-hybridized carbons (Fsp3) is 0.292. The number of nitrogens with zero attached hydrogens (tertiary/aromatic N) is 2. The monoisotopic (exact) mass is 410 g/mol. The van der Waals surface area contributed by atoms with E-state index in [1.165, 1.54) is 0 Å². The SMILES string of the molecule is CCCN(Cc1cccn1Cc1cccc(Cl)c1)C(=O)COCc1ccccc1. The second-order valence-corrected chi connectivity index (χ2v) is 7.49. The van der Waals surface area contributed by atoms with Gasteiger partial charge in [-0.1, -0.05) is 61.0 Å². The molecule has 5 heteroatoms. The summed E-state index contributed by atoms with van der Waals surface area (Å²) >= 11 is 6.11. The van der Waals surface area contributed by atoms with Crippen LogP contribution in [0.1, 0.15) is 30.2 Å². The Morgan fingerprint density at radius 1 is 1.03 bits per heavy atom. The second kappa shape index (κ2) is 10.8. The Balaban J connectivity index is 1.60. The van der Waals surface area contributed by atoms with Crippen molar-refractivity contribution in [1.82, 2.24) is 9.47 Å². The molecular formula is C24H27ClN2O2. The summed E-state index contributed by atoms with van der Waals surface area (Å²) in [6.45, 7) is 4.60. The first-order valence-electron chi connectivity index (χ1n) is 9.93. The van der Waals surface area contributed by atoms with Gasteiger partial charge in [0.1, 0.15) is 6.61 Å². The van der Waals surface area contributed by atoms with Gasteiger partial charge in [0.25, 0.3) is 0 Å². The Kier molecular flexibility index (Phi) is 7.91. The van der Waals surface area contributed by atoms with Gasteiger partial charge in [-0.25, -0.2) is 0 Å². The van der Waals surface area contributed by atoms with Gasteiger partial charge in [0.15, 0.2) is 0 Å². The van der Waals surface area contributed by atoms with E-state index in [2.05, 4.69) is 23.6 Å². The smallest absolute Gasteiger partial charge is 0.248 e. The van der Waals surface area contributed by atoms with Crippen molar-refractivity contribution in [2.24, 2.45) is 0 Å². The lowest BCUT2D eigenvalue weighted by atomic mass is 10.2. The third-order valence-electron chi connectivity index (χ3n) is 4.70. The molecule has 0 N–H and O–H groups in total. The number of ether oxygens (including phenoxy) is 1. The van der Waals surface area contributed by atoms with E-state index in [-0.39, 0.29) is 12.5 Å². The van der Waals surface area contributed by atoms with Gasteiger partial charge in [-0.05, 0) is 41.8 Å². The van der Waals surface area contributed by atoms with Crippen LogP contribution in [0.5, 0.6) is 0 Å². The van der Waals surface area contributed by atoms with Crippen molar-refractivity contribution in [2.75, 3.05) is 13.2 Å². The summed E-state index contributed by atoms with van der Waals surface area (Å²) in [5.74, 6) is 0.0123.